The van der Waals surface area contributed by atoms with Gasteiger partial charge in [0, 0.05) is 18.4 Å². The predicted octanol–water partition coefficient (Wildman–Crippen LogP) is 3.23. The van der Waals surface area contributed by atoms with E-state index in [4.69, 9.17) is 9.47 Å². The lowest BCUT2D eigenvalue weighted by Crippen LogP contribution is -2.24. The molecule has 0 aliphatic carbocycles. The van der Waals surface area contributed by atoms with Crippen molar-refractivity contribution in [2.45, 2.75) is 26.2 Å². The van der Waals surface area contributed by atoms with Crippen LogP contribution in [0.15, 0.2) is 59.7 Å². The van der Waals surface area contributed by atoms with Crippen molar-refractivity contribution in [1.82, 2.24) is 5.01 Å². The van der Waals surface area contributed by atoms with E-state index in [1.807, 2.05) is 37.3 Å². The van der Waals surface area contributed by atoms with Gasteiger partial charge < -0.3 is 9.47 Å². The molecule has 3 rings (SSSR count). The molecule has 0 unspecified atom stereocenters. The fourth-order valence-corrected chi connectivity index (χ4v) is 3.01. The minimum absolute atomic E-state index is 0.0123. The number of ketones is 1. The van der Waals surface area contributed by atoms with Gasteiger partial charge in [0.05, 0.1) is 25.3 Å². The molecule has 0 fully saturated rings. The van der Waals surface area contributed by atoms with Crippen LogP contribution in [0.1, 0.15) is 42.1 Å². The molecule has 2 aromatic carbocycles. The summed E-state index contributed by atoms with van der Waals surface area (Å²) in [4.78, 5) is 36.4. The molecule has 30 heavy (non-hydrogen) atoms. The SMILES string of the molecule is CCOc1ccc(C(=O)COC(=O)CCC(=O)N2CCC(c3ccccc3)=N2)cc1. The average Bonchev–Trinajstić information content (AvgIpc) is 3.27. The van der Waals surface area contributed by atoms with Gasteiger partial charge >= 0.3 is 5.97 Å². The molecule has 1 amide bonds. The molecule has 1 aliphatic rings. The molecule has 7 nitrogen and oxygen atoms in total. The molecule has 0 saturated carbocycles. The van der Waals surface area contributed by atoms with E-state index in [2.05, 4.69) is 5.10 Å². The first-order valence-electron chi connectivity index (χ1n) is 9.91. The lowest BCUT2D eigenvalue weighted by molar-refractivity contribution is -0.145. The second kappa shape index (κ2) is 10.3. The Kier molecular flexibility index (Phi) is 7.32. The summed E-state index contributed by atoms with van der Waals surface area (Å²) in [6, 6.07) is 16.3. The number of Topliss-reactive ketones (excluding diaryl/α,β-unsaturated/α-hetero) is 1. The van der Waals surface area contributed by atoms with Gasteiger partial charge in [0.2, 0.25) is 5.91 Å². The van der Waals surface area contributed by atoms with Crippen LogP contribution in [0, 0.1) is 0 Å². The summed E-state index contributed by atoms with van der Waals surface area (Å²) in [5.74, 6) is -0.469. The van der Waals surface area contributed by atoms with E-state index >= 15 is 0 Å². The summed E-state index contributed by atoms with van der Waals surface area (Å²) in [6.45, 7) is 2.55. The minimum Gasteiger partial charge on any atom is -0.494 e. The Morgan fingerprint density at radius 2 is 1.73 bits per heavy atom. The van der Waals surface area contributed by atoms with E-state index in [0.717, 1.165) is 11.3 Å². The van der Waals surface area contributed by atoms with Gasteiger partial charge in [-0.2, -0.15) is 5.10 Å². The van der Waals surface area contributed by atoms with E-state index in [9.17, 15) is 14.4 Å². The molecular weight excluding hydrogens is 384 g/mol. The maximum Gasteiger partial charge on any atom is 0.306 e. The zero-order chi connectivity index (χ0) is 21.3. The van der Waals surface area contributed by atoms with Crippen molar-refractivity contribution in [2.24, 2.45) is 5.10 Å². The summed E-state index contributed by atoms with van der Waals surface area (Å²) < 4.78 is 10.3. The lowest BCUT2D eigenvalue weighted by Gasteiger charge is -2.11. The highest BCUT2D eigenvalue weighted by atomic mass is 16.5. The van der Waals surface area contributed by atoms with Crippen LogP contribution in [0.3, 0.4) is 0 Å². The molecule has 1 aliphatic heterocycles. The third kappa shape index (κ3) is 5.76. The highest BCUT2D eigenvalue weighted by Gasteiger charge is 2.22. The first-order valence-corrected chi connectivity index (χ1v) is 9.91. The van der Waals surface area contributed by atoms with Crippen LogP contribution in [-0.2, 0) is 14.3 Å². The molecule has 0 atom stereocenters. The molecule has 0 bridgehead atoms. The Balaban J connectivity index is 1.41. The number of carbonyl (C=O) groups is 3. The highest BCUT2D eigenvalue weighted by molar-refractivity contribution is 6.02. The van der Waals surface area contributed by atoms with E-state index in [1.165, 1.54) is 5.01 Å². The van der Waals surface area contributed by atoms with Crippen molar-refractivity contribution in [2.75, 3.05) is 19.8 Å². The van der Waals surface area contributed by atoms with Crippen LogP contribution < -0.4 is 4.74 Å². The number of hydrazone groups is 1. The van der Waals surface area contributed by atoms with Crippen LogP contribution in [-0.4, -0.2) is 48.1 Å². The topological polar surface area (TPSA) is 85.3 Å². The normalized spacial score (nSPS) is 13.0. The van der Waals surface area contributed by atoms with Crippen LogP contribution >= 0.6 is 0 Å². The number of hydrogen-bond donors (Lipinski definition) is 0. The standard InChI is InChI=1S/C23H24N2O5/c1-2-29-19-10-8-18(9-11-19)21(26)16-30-23(28)13-12-22(27)25-15-14-20(24-25)17-6-4-3-5-7-17/h3-11H,2,12-16H2,1H3. The highest BCUT2D eigenvalue weighted by Crippen LogP contribution is 2.15. The van der Waals surface area contributed by atoms with Crippen LogP contribution in [0.2, 0.25) is 0 Å². The Bertz CT molecular complexity index is 922. The average molecular weight is 408 g/mol. The van der Waals surface area contributed by atoms with Gasteiger partial charge in [-0.05, 0) is 36.8 Å². The number of ether oxygens (including phenoxy) is 2. The van der Waals surface area contributed by atoms with Crippen molar-refractivity contribution in [3.63, 3.8) is 0 Å². The Labute approximate surface area is 175 Å². The minimum atomic E-state index is -0.589. The second-order valence-electron chi connectivity index (χ2n) is 6.72. The molecule has 1 heterocycles. The summed E-state index contributed by atoms with van der Waals surface area (Å²) in [6.07, 6.45) is 0.570. The van der Waals surface area contributed by atoms with Crippen molar-refractivity contribution in [3.05, 3.63) is 65.7 Å². The molecule has 0 saturated heterocycles. The van der Waals surface area contributed by atoms with E-state index < -0.39 is 5.97 Å². The van der Waals surface area contributed by atoms with Crippen molar-refractivity contribution >= 4 is 23.4 Å². The number of nitrogens with zero attached hydrogens (tertiary/aromatic N) is 2. The van der Waals surface area contributed by atoms with Crippen molar-refractivity contribution < 1.29 is 23.9 Å². The van der Waals surface area contributed by atoms with Gasteiger partial charge in [0.25, 0.3) is 0 Å². The maximum absolute atomic E-state index is 12.3. The fourth-order valence-electron chi connectivity index (χ4n) is 3.01. The van der Waals surface area contributed by atoms with Crippen molar-refractivity contribution in [1.29, 1.82) is 0 Å². The maximum atomic E-state index is 12.3. The first-order chi connectivity index (χ1) is 14.6. The number of benzene rings is 2. The fraction of sp³-hybridized carbons (Fsp3) is 0.304. The second-order valence-corrected chi connectivity index (χ2v) is 6.72. The number of rotatable bonds is 9. The van der Waals surface area contributed by atoms with E-state index in [0.29, 0.717) is 30.9 Å². The molecule has 0 N–H and O–H groups in total. The molecule has 2 aromatic rings. The lowest BCUT2D eigenvalue weighted by atomic mass is 10.1. The summed E-state index contributed by atoms with van der Waals surface area (Å²) in [5.41, 5.74) is 2.27. The molecule has 0 aromatic heterocycles. The zero-order valence-corrected chi connectivity index (χ0v) is 16.9. The van der Waals surface area contributed by atoms with Crippen LogP contribution in [0.4, 0.5) is 0 Å². The summed E-state index contributed by atoms with van der Waals surface area (Å²) in [7, 11) is 0. The predicted molar refractivity (Wildman–Crippen MR) is 111 cm³/mol. The van der Waals surface area contributed by atoms with Gasteiger partial charge in [-0.25, -0.2) is 5.01 Å². The summed E-state index contributed by atoms with van der Waals surface area (Å²) in [5, 5.41) is 5.74. The molecule has 0 spiro atoms. The van der Waals surface area contributed by atoms with E-state index in [-0.39, 0.29) is 31.1 Å². The molecule has 0 radical (unpaired) electrons. The Morgan fingerprint density at radius 1 is 1.00 bits per heavy atom. The number of carbonyl (C=O) groups excluding carboxylic acids is 3. The summed E-state index contributed by atoms with van der Waals surface area (Å²) >= 11 is 0. The Morgan fingerprint density at radius 3 is 2.43 bits per heavy atom. The van der Waals surface area contributed by atoms with Gasteiger partial charge in [0.1, 0.15) is 5.75 Å². The first kappa shape index (κ1) is 21.2. The van der Waals surface area contributed by atoms with Gasteiger partial charge in [-0.15, -0.1) is 0 Å². The molecule has 7 heteroatoms. The van der Waals surface area contributed by atoms with Gasteiger partial charge in [0.15, 0.2) is 12.4 Å². The molecule has 156 valence electrons. The van der Waals surface area contributed by atoms with Crippen molar-refractivity contribution in [3.8, 4) is 5.75 Å². The third-order valence-corrected chi connectivity index (χ3v) is 4.59. The number of amides is 1. The number of hydrogen-bond acceptors (Lipinski definition) is 6. The third-order valence-electron chi connectivity index (χ3n) is 4.59. The van der Waals surface area contributed by atoms with Crippen LogP contribution in [0.25, 0.3) is 0 Å². The van der Waals surface area contributed by atoms with Gasteiger partial charge in [-0.1, -0.05) is 30.3 Å². The van der Waals surface area contributed by atoms with Gasteiger partial charge in [-0.3, -0.25) is 14.4 Å². The zero-order valence-electron chi connectivity index (χ0n) is 16.9. The smallest absolute Gasteiger partial charge is 0.306 e. The monoisotopic (exact) mass is 408 g/mol. The van der Waals surface area contributed by atoms with E-state index in [1.54, 1.807) is 24.3 Å². The largest absolute Gasteiger partial charge is 0.494 e. The van der Waals surface area contributed by atoms with Crippen LogP contribution in [0.5, 0.6) is 5.75 Å². The number of esters is 1. The Hall–Kier alpha value is -3.48. The molecular formula is C23H24N2O5. The quantitative estimate of drug-likeness (QED) is 0.470.